The first-order valence-electron chi connectivity index (χ1n) is 9.56. The number of imide groups is 3. The highest BCUT2D eigenvalue weighted by Gasteiger charge is 2.42. The summed E-state index contributed by atoms with van der Waals surface area (Å²) in [6, 6.07) is 10.5. The van der Waals surface area contributed by atoms with Gasteiger partial charge in [-0.1, -0.05) is 12.1 Å². The summed E-state index contributed by atoms with van der Waals surface area (Å²) in [5.41, 5.74) is 5.73. The molecule has 4 aromatic rings. The maximum Gasteiger partial charge on any atom is 0.416 e. The maximum atomic E-state index is 13.1. The number of hydrogen-bond donors (Lipinski definition) is 1. The highest BCUT2D eigenvalue weighted by molar-refractivity contribution is 7.20. The number of alkyl halides is 3. The fraction of sp³-hybridized carbons (Fsp3) is 0.0909. The van der Waals surface area contributed by atoms with Crippen molar-refractivity contribution in [1.29, 1.82) is 0 Å². The molecular formula is C22H13F3N4O3S. The number of fused-ring (bicyclic) bond motifs is 2. The standard InChI is InChI=1S/C22H13F3N4O3S/c1-10-14-9-16(19(31)28-18(30)13-6-3-7-15(26)17(13)20(28)32)33-21(14)29(27-10)12-5-2-4-11(8-12)22(23,24)25/h2-9H,26H2,1H3. The molecule has 1 aliphatic heterocycles. The zero-order chi connectivity index (χ0) is 23.7. The van der Waals surface area contributed by atoms with Crippen molar-refractivity contribution < 1.29 is 27.6 Å². The van der Waals surface area contributed by atoms with Crippen LogP contribution in [-0.2, 0) is 6.18 Å². The lowest BCUT2D eigenvalue weighted by Gasteiger charge is -2.10. The van der Waals surface area contributed by atoms with Gasteiger partial charge < -0.3 is 5.73 Å². The number of nitrogens with two attached hydrogens (primary N) is 1. The summed E-state index contributed by atoms with van der Waals surface area (Å²) in [6.07, 6.45) is -4.53. The molecule has 0 unspecified atom stereocenters. The van der Waals surface area contributed by atoms with Gasteiger partial charge in [-0.25, -0.2) is 9.58 Å². The Labute approximate surface area is 187 Å². The normalized spacial score (nSPS) is 13.8. The number of carbonyl (C=O) groups is 3. The molecule has 2 aromatic carbocycles. The first-order valence-corrected chi connectivity index (χ1v) is 10.4. The number of halogens is 3. The lowest BCUT2D eigenvalue weighted by Crippen LogP contribution is -2.35. The Morgan fingerprint density at radius 2 is 1.79 bits per heavy atom. The molecule has 33 heavy (non-hydrogen) atoms. The number of nitrogens with zero attached hydrogens (tertiary/aromatic N) is 3. The Bertz CT molecular complexity index is 1500. The molecule has 7 nitrogen and oxygen atoms in total. The van der Waals surface area contributed by atoms with Gasteiger partial charge in [0.1, 0.15) is 4.83 Å². The Morgan fingerprint density at radius 3 is 2.48 bits per heavy atom. The van der Waals surface area contributed by atoms with E-state index < -0.39 is 29.5 Å². The molecule has 2 N–H and O–H groups in total. The topological polar surface area (TPSA) is 98.3 Å². The molecule has 0 bridgehead atoms. The summed E-state index contributed by atoms with van der Waals surface area (Å²) in [4.78, 5) is 39.6. The van der Waals surface area contributed by atoms with Gasteiger partial charge in [-0.3, -0.25) is 14.4 Å². The summed E-state index contributed by atoms with van der Waals surface area (Å²) in [7, 11) is 0. The summed E-state index contributed by atoms with van der Waals surface area (Å²) in [5, 5.41) is 4.82. The fourth-order valence-electron chi connectivity index (χ4n) is 3.75. The van der Waals surface area contributed by atoms with Gasteiger partial charge in [-0.2, -0.15) is 18.3 Å². The molecule has 0 spiro atoms. The number of aromatic nitrogens is 2. The third-order valence-electron chi connectivity index (χ3n) is 5.32. The van der Waals surface area contributed by atoms with Crippen LogP contribution in [0.15, 0.2) is 48.5 Å². The second-order valence-electron chi connectivity index (χ2n) is 7.40. The number of hydrogen-bond acceptors (Lipinski definition) is 6. The summed E-state index contributed by atoms with van der Waals surface area (Å²) < 4.78 is 40.8. The largest absolute Gasteiger partial charge is 0.416 e. The van der Waals surface area contributed by atoms with E-state index in [9.17, 15) is 27.6 Å². The van der Waals surface area contributed by atoms with E-state index in [-0.39, 0.29) is 27.4 Å². The monoisotopic (exact) mass is 470 g/mol. The van der Waals surface area contributed by atoms with Crippen molar-refractivity contribution in [3.8, 4) is 5.69 Å². The van der Waals surface area contributed by atoms with Crippen LogP contribution in [0.5, 0.6) is 0 Å². The van der Waals surface area contributed by atoms with Crippen LogP contribution in [0.25, 0.3) is 15.9 Å². The number of carbonyl (C=O) groups excluding carboxylic acids is 3. The number of aryl methyl sites for hydroxylation is 1. The predicted molar refractivity (Wildman–Crippen MR) is 114 cm³/mol. The number of rotatable bonds is 2. The number of amides is 3. The molecule has 0 saturated carbocycles. The van der Waals surface area contributed by atoms with E-state index in [2.05, 4.69) is 5.10 Å². The lowest BCUT2D eigenvalue weighted by molar-refractivity contribution is -0.137. The smallest absolute Gasteiger partial charge is 0.398 e. The zero-order valence-electron chi connectivity index (χ0n) is 16.8. The van der Waals surface area contributed by atoms with Crippen molar-refractivity contribution in [3.63, 3.8) is 0 Å². The molecular weight excluding hydrogens is 457 g/mol. The van der Waals surface area contributed by atoms with E-state index in [4.69, 9.17) is 5.73 Å². The quantitative estimate of drug-likeness (QED) is 0.345. The van der Waals surface area contributed by atoms with Gasteiger partial charge in [0.05, 0.1) is 32.9 Å². The fourth-order valence-corrected chi connectivity index (χ4v) is 4.86. The van der Waals surface area contributed by atoms with Gasteiger partial charge >= 0.3 is 6.18 Å². The Balaban J connectivity index is 1.57. The van der Waals surface area contributed by atoms with E-state index in [0.717, 1.165) is 23.5 Å². The second-order valence-corrected chi connectivity index (χ2v) is 8.43. The maximum absolute atomic E-state index is 13.1. The third kappa shape index (κ3) is 3.11. The Hall–Kier alpha value is -3.99. The van der Waals surface area contributed by atoms with E-state index in [1.165, 1.54) is 41.1 Å². The molecule has 0 saturated heterocycles. The second kappa shape index (κ2) is 7.01. The predicted octanol–water partition coefficient (Wildman–Crippen LogP) is 4.43. The highest BCUT2D eigenvalue weighted by atomic mass is 32.1. The highest BCUT2D eigenvalue weighted by Crippen LogP contribution is 2.35. The van der Waals surface area contributed by atoms with Gasteiger partial charge in [-0.15, -0.1) is 11.3 Å². The number of benzene rings is 2. The molecule has 1 aliphatic rings. The summed E-state index contributed by atoms with van der Waals surface area (Å²) in [6.45, 7) is 1.65. The van der Waals surface area contributed by atoms with Gasteiger partial charge in [-0.05, 0) is 43.3 Å². The van der Waals surface area contributed by atoms with Crippen molar-refractivity contribution in [1.82, 2.24) is 14.7 Å². The van der Waals surface area contributed by atoms with E-state index >= 15 is 0 Å². The van der Waals surface area contributed by atoms with Crippen LogP contribution in [0.2, 0.25) is 0 Å². The van der Waals surface area contributed by atoms with Crippen LogP contribution < -0.4 is 5.73 Å². The molecule has 166 valence electrons. The minimum atomic E-state index is -4.53. The van der Waals surface area contributed by atoms with Crippen LogP contribution in [0.3, 0.4) is 0 Å². The van der Waals surface area contributed by atoms with Gasteiger partial charge in [0.15, 0.2) is 0 Å². The zero-order valence-corrected chi connectivity index (χ0v) is 17.6. The van der Waals surface area contributed by atoms with Crippen LogP contribution >= 0.6 is 11.3 Å². The van der Waals surface area contributed by atoms with Crippen LogP contribution in [0.4, 0.5) is 18.9 Å². The van der Waals surface area contributed by atoms with Crippen molar-refractivity contribution in [2.75, 3.05) is 5.73 Å². The van der Waals surface area contributed by atoms with Crippen LogP contribution in [0.1, 0.15) is 41.6 Å². The van der Waals surface area contributed by atoms with E-state index in [1.54, 1.807) is 6.92 Å². The Morgan fingerprint density at radius 1 is 1.06 bits per heavy atom. The van der Waals surface area contributed by atoms with Crippen molar-refractivity contribution in [3.05, 3.63) is 75.8 Å². The molecule has 0 radical (unpaired) electrons. The minimum Gasteiger partial charge on any atom is -0.398 e. The number of anilines is 1. The van der Waals surface area contributed by atoms with Gasteiger partial charge in [0.25, 0.3) is 17.7 Å². The Kier molecular flexibility index (Phi) is 4.43. The molecule has 3 amide bonds. The summed E-state index contributed by atoms with van der Waals surface area (Å²) in [5.74, 6) is -2.43. The molecule has 0 fully saturated rings. The number of thiophene rings is 1. The molecule has 3 heterocycles. The summed E-state index contributed by atoms with van der Waals surface area (Å²) >= 11 is 0.927. The SMILES string of the molecule is Cc1nn(-c2cccc(C(F)(F)F)c2)c2sc(C(=O)N3C(=O)c4cccc(N)c4C3=O)cc12. The molecule has 0 aliphatic carbocycles. The van der Waals surface area contributed by atoms with E-state index in [0.29, 0.717) is 20.8 Å². The van der Waals surface area contributed by atoms with Gasteiger partial charge in [0, 0.05) is 11.1 Å². The number of nitrogen functional groups attached to an aromatic ring is 1. The third-order valence-corrected chi connectivity index (χ3v) is 6.42. The molecule has 2 aromatic heterocycles. The first kappa shape index (κ1) is 20.9. The first-order chi connectivity index (χ1) is 15.6. The molecule has 11 heteroatoms. The van der Waals surface area contributed by atoms with Crippen LogP contribution in [-0.4, -0.2) is 32.4 Å². The average molecular weight is 470 g/mol. The van der Waals surface area contributed by atoms with Crippen LogP contribution in [0, 0.1) is 6.92 Å². The molecule has 0 atom stereocenters. The van der Waals surface area contributed by atoms with Gasteiger partial charge in [0.2, 0.25) is 0 Å². The van der Waals surface area contributed by atoms with E-state index in [1.807, 2.05) is 0 Å². The van der Waals surface area contributed by atoms with Crippen molar-refractivity contribution >= 4 is 45.0 Å². The minimum absolute atomic E-state index is 0.0247. The van der Waals surface area contributed by atoms with Crippen molar-refractivity contribution in [2.45, 2.75) is 13.1 Å². The average Bonchev–Trinajstić information content (AvgIpc) is 3.40. The molecule has 5 rings (SSSR count). The van der Waals surface area contributed by atoms with Crippen molar-refractivity contribution in [2.24, 2.45) is 0 Å². The lowest BCUT2D eigenvalue weighted by atomic mass is 10.1.